The summed E-state index contributed by atoms with van der Waals surface area (Å²) in [6.45, 7) is 0. The van der Waals surface area contributed by atoms with E-state index in [-0.39, 0.29) is 33.0 Å². The summed E-state index contributed by atoms with van der Waals surface area (Å²) in [5.41, 5.74) is 5.68. The number of alkyl halides is 3. The van der Waals surface area contributed by atoms with Crippen LogP contribution in [0.4, 0.5) is 13.2 Å². The summed E-state index contributed by atoms with van der Waals surface area (Å²) in [7, 11) is 1.75. The predicted octanol–water partition coefficient (Wildman–Crippen LogP) is 3.78. The van der Waals surface area contributed by atoms with Crippen molar-refractivity contribution in [3.8, 4) is 22.6 Å². The van der Waals surface area contributed by atoms with E-state index in [2.05, 4.69) is 20.2 Å². The highest BCUT2D eigenvalue weighted by molar-refractivity contribution is 6.32. The summed E-state index contributed by atoms with van der Waals surface area (Å²) in [5, 5.41) is 7.64. The van der Waals surface area contributed by atoms with E-state index in [9.17, 15) is 18.0 Å². The van der Waals surface area contributed by atoms with Gasteiger partial charge in [0.1, 0.15) is 0 Å². The van der Waals surface area contributed by atoms with Crippen LogP contribution in [0.3, 0.4) is 0 Å². The fourth-order valence-electron chi connectivity index (χ4n) is 3.60. The number of aromatic nitrogens is 7. The highest BCUT2D eigenvalue weighted by atomic mass is 35.5. The number of nitrogens with zero attached hydrogens (tertiary/aromatic N) is 7. The molecule has 0 saturated heterocycles. The second kappa shape index (κ2) is 7.70. The third-order valence-corrected chi connectivity index (χ3v) is 5.44. The van der Waals surface area contributed by atoms with E-state index in [1.165, 1.54) is 41.4 Å². The van der Waals surface area contributed by atoms with E-state index in [1.54, 1.807) is 30.3 Å². The van der Waals surface area contributed by atoms with Crippen molar-refractivity contribution < 1.29 is 18.0 Å². The Morgan fingerprint density at radius 1 is 1.12 bits per heavy atom. The average Bonchev–Trinajstić information content (AvgIpc) is 3.51. The lowest BCUT2D eigenvalue weighted by atomic mass is 10.2. The molecule has 9 nitrogen and oxygen atoms in total. The topological polar surface area (TPSA) is 109 Å². The second-order valence-electron chi connectivity index (χ2n) is 7.39. The van der Waals surface area contributed by atoms with Crippen molar-refractivity contribution in [3.05, 3.63) is 71.7 Å². The van der Waals surface area contributed by atoms with Gasteiger partial charge in [-0.3, -0.25) is 9.48 Å². The number of benzene rings is 1. The van der Waals surface area contributed by atoms with Gasteiger partial charge in [-0.1, -0.05) is 11.6 Å². The fraction of sp³-hybridized carbons (Fsp3) is 0.0952. The van der Waals surface area contributed by atoms with E-state index in [0.29, 0.717) is 11.3 Å². The first-order valence-corrected chi connectivity index (χ1v) is 10.1. The zero-order valence-corrected chi connectivity index (χ0v) is 18.1. The Bertz CT molecular complexity index is 1570. The number of nitrogens with two attached hydrogens (primary N) is 1. The summed E-state index contributed by atoms with van der Waals surface area (Å²) < 4.78 is 46.2. The number of carbonyl (C=O) groups is 1. The second-order valence-corrected chi connectivity index (χ2v) is 7.79. The van der Waals surface area contributed by atoms with Gasteiger partial charge in [0.25, 0.3) is 0 Å². The standard InChI is InChI=1S/C21H14ClF3N8O/c1-31-8-12(7-29-31)14-9-32(10-28-14)16-4-5-27-20-17(16)18(21(23,24)25)30-33(20)15-3-2-11(19(26)34)6-13(15)22/h2-10H,1H3,(H2,26,34). The first kappa shape index (κ1) is 21.6. The van der Waals surface area contributed by atoms with Gasteiger partial charge in [-0.2, -0.15) is 23.4 Å². The Morgan fingerprint density at radius 2 is 1.91 bits per heavy atom. The first-order valence-electron chi connectivity index (χ1n) is 9.71. The molecule has 172 valence electrons. The van der Waals surface area contributed by atoms with Crippen LogP contribution in [0.5, 0.6) is 0 Å². The van der Waals surface area contributed by atoms with Crippen molar-refractivity contribution in [2.24, 2.45) is 12.8 Å². The minimum Gasteiger partial charge on any atom is -0.366 e. The number of fused-ring (bicyclic) bond motifs is 1. The zero-order valence-electron chi connectivity index (χ0n) is 17.3. The molecular formula is C21H14ClF3N8O. The third-order valence-electron chi connectivity index (χ3n) is 5.14. The molecule has 1 aromatic carbocycles. The maximum atomic E-state index is 14.1. The molecule has 0 aliphatic rings. The Hall–Kier alpha value is -4.19. The van der Waals surface area contributed by atoms with Crippen molar-refractivity contribution in [1.29, 1.82) is 0 Å². The van der Waals surface area contributed by atoms with Gasteiger partial charge in [-0.25, -0.2) is 14.6 Å². The molecule has 1 amide bonds. The van der Waals surface area contributed by atoms with Gasteiger partial charge in [0, 0.05) is 36.8 Å². The van der Waals surface area contributed by atoms with Crippen LogP contribution in [-0.4, -0.2) is 40.0 Å². The predicted molar refractivity (Wildman–Crippen MR) is 117 cm³/mol. The van der Waals surface area contributed by atoms with Crippen LogP contribution in [0.15, 0.2) is 55.4 Å². The number of hydrogen-bond donors (Lipinski definition) is 1. The lowest BCUT2D eigenvalue weighted by Gasteiger charge is -2.08. The van der Waals surface area contributed by atoms with Crippen molar-refractivity contribution in [3.63, 3.8) is 0 Å². The first-order chi connectivity index (χ1) is 16.1. The Kier molecular flexibility index (Phi) is 4.90. The van der Waals surface area contributed by atoms with Crippen molar-refractivity contribution >= 4 is 28.5 Å². The molecule has 2 N–H and O–H groups in total. The number of hydrogen-bond acceptors (Lipinski definition) is 5. The Balaban J connectivity index is 1.73. The average molecular weight is 487 g/mol. The summed E-state index contributed by atoms with van der Waals surface area (Å²) in [4.78, 5) is 19.9. The van der Waals surface area contributed by atoms with Crippen molar-refractivity contribution in [2.75, 3.05) is 0 Å². The van der Waals surface area contributed by atoms with Gasteiger partial charge in [0.15, 0.2) is 11.3 Å². The van der Waals surface area contributed by atoms with Gasteiger partial charge in [0.2, 0.25) is 5.91 Å². The molecule has 0 spiro atoms. The molecule has 0 saturated carbocycles. The number of aryl methyl sites for hydroxylation is 1. The molecule has 0 aliphatic carbocycles. The molecule has 0 unspecified atom stereocenters. The van der Waals surface area contributed by atoms with Crippen LogP contribution in [0.1, 0.15) is 16.1 Å². The van der Waals surface area contributed by atoms with Crippen LogP contribution in [0, 0.1) is 0 Å². The minimum absolute atomic E-state index is 0.0110. The quantitative estimate of drug-likeness (QED) is 0.416. The number of amides is 1. The highest BCUT2D eigenvalue weighted by Crippen LogP contribution is 2.38. The van der Waals surface area contributed by atoms with Crippen molar-refractivity contribution in [2.45, 2.75) is 6.18 Å². The van der Waals surface area contributed by atoms with Gasteiger partial charge >= 0.3 is 6.18 Å². The van der Waals surface area contributed by atoms with E-state index in [1.807, 2.05) is 0 Å². The summed E-state index contributed by atoms with van der Waals surface area (Å²) in [6.07, 6.45) is 2.93. The van der Waals surface area contributed by atoms with Crippen molar-refractivity contribution in [1.82, 2.24) is 34.1 Å². The molecule has 13 heteroatoms. The van der Waals surface area contributed by atoms with E-state index >= 15 is 0 Å². The summed E-state index contributed by atoms with van der Waals surface area (Å²) in [5.74, 6) is -0.723. The molecule has 34 heavy (non-hydrogen) atoms. The fourth-order valence-corrected chi connectivity index (χ4v) is 3.86. The lowest BCUT2D eigenvalue weighted by Crippen LogP contribution is -2.11. The number of rotatable bonds is 4. The van der Waals surface area contributed by atoms with Gasteiger partial charge in [-0.05, 0) is 24.3 Å². The normalized spacial score (nSPS) is 11.9. The summed E-state index contributed by atoms with van der Waals surface area (Å²) >= 11 is 6.26. The molecule has 0 atom stereocenters. The van der Waals surface area contributed by atoms with E-state index < -0.39 is 17.8 Å². The number of halogens is 4. The molecule has 5 aromatic rings. The van der Waals surface area contributed by atoms with Crippen LogP contribution in [-0.2, 0) is 13.2 Å². The van der Waals surface area contributed by atoms with Crippen LogP contribution < -0.4 is 5.73 Å². The molecule has 0 bridgehead atoms. The highest BCUT2D eigenvalue weighted by Gasteiger charge is 2.39. The smallest absolute Gasteiger partial charge is 0.366 e. The third kappa shape index (κ3) is 3.57. The van der Waals surface area contributed by atoms with E-state index in [0.717, 1.165) is 4.68 Å². The van der Waals surface area contributed by atoms with E-state index in [4.69, 9.17) is 17.3 Å². The maximum absolute atomic E-state index is 14.1. The van der Waals surface area contributed by atoms with Gasteiger partial charge in [-0.15, -0.1) is 0 Å². The largest absolute Gasteiger partial charge is 0.435 e. The summed E-state index contributed by atoms with van der Waals surface area (Å²) in [6, 6.07) is 5.42. The Labute approximate surface area is 194 Å². The molecule has 5 rings (SSSR count). The van der Waals surface area contributed by atoms with Crippen LogP contribution >= 0.6 is 11.6 Å². The maximum Gasteiger partial charge on any atom is 0.435 e. The van der Waals surface area contributed by atoms with Gasteiger partial charge in [0.05, 0.1) is 40.0 Å². The number of pyridine rings is 1. The van der Waals surface area contributed by atoms with Gasteiger partial charge < -0.3 is 10.3 Å². The molecular weight excluding hydrogens is 473 g/mol. The molecule has 4 aromatic heterocycles. The lowest BCUT2D eigenvalue weighted by molar-refractivity contribution is -0.140. The number of carbonyl (C=O) groups excluding carboxylic acids is 1. The minimum atomic E-state index is -4.78. The molecule has 4 heterocycles. The molecule has 0 fully saturated rings. The molecule has 0 radical (unpaired) electrons. The molecule has 0 aliphatic heterocycles. The number of primary amides is 1. The van der Waals surface area contributed by atoms with Crippen LogP contribution in [0.2, 0.25) is 5.02 Å². The number of imidazole rings is 1. The SMILES string of the molecule is Cn1cc(-c2cn(-c3ccnc4c3c(C(F)(F)F)nn4-c3ccc(C(N)=O)cc3Cl)cn2)cn1. The monoisotopic (exact) mass is 486 g/mol. The van der Waals surface area contributed by atoms with Crippen LogP contribution in [0.25, 0.3) is 33.7 Å². The Morgan fingerprint density at radius 3 is 2.56 bits per heavy atom. The zero-order chi connectivity index (χ0) is 24.2.